The first-order valence-electron chi connectivity index (χ1n) is 10.1. The molecule has 2 aliphatic rings. The summed E-state index contributed by atoms with van der Waals surface area (Å²) in [5.41, 5.74) is 3.19. The van der Waals surface area contributed by atoms with Gasteiger partial charge in [-0.25, -0.2) is 4.98 Å². The highest BCUT2D eigenvalue weighted by atomic mass is 16.2. The number of aryl methyl sites for hydroxylation is 1. The fraction of sp³-hybridized carbons (Fsp3) is 0.524. The van der Waals surface area contributed by atoms with E-state index in [1.54, 1.807) is 0 Å². The molecule has 8 nitrogen and oxygen atoms in total. The second kappa shape index (κ2) is 7.39. The third-order valence-electron chi connectivity index (χ3n) is 5.88. The van der Waals surface area contributed by atoms with Gasteiger partial charge in [-0.2, -0.15) is 10.4 Å². The van der Waals surface area contributed by atoms with E-state index in [2.05, 4.69) is 32.1 Å². The minimum absolute atomic E-state index is 0.0212. The van der Waals surface area contributed by atoms with Gasteiger partial charge in [-0.3, -0.25) is 9.48 Å². The number of nitriles is 1. The number of amides is 1. The van der Waals surface area contributed by atoms with Crippen LogP contribution in [0.4, 0.5) is 17.2 Å². The van der Waals surface area contributed by atoms with Gasteiger partial charge in [0, 0.05) is 24.4 Å². The molecule has 0 radical (unpaired) electrons. The molecule has 1 aliphatic heterocycles. The van der Waals surface area contributed by atoms with Crippen LogP contribution in [-0.4, -0.2) is 26.7 Å². The van der Waals surface area contributed by atoms with E-state index in [0.717, 1.165) is 47.7 Å². The molecule has 1 aliphatic carbocycles. The molecule has 1 fully saturated rings. The van der Waals surface area contributed by atoms with Crippen LogP contribution >= 0.6 is 0 Å². The van der Waals surface area contributed by atoms with E-state index in [0.29, 0.717) is 13.1 Å². The number of nitrogens with one attached hydrogen (secondary N) is 3. The Balaban J connectivity index is 1.43. The number of aromatic nitrogens is 3. The highest BCUT2D eigenvalue weighted by Gasteiger charge is 2.37. The van der Waals surface area contributed by atoms with Crippen molar-refractivity contribution in [2.75, 3.05) is 16.0 Å². The van der Waals surface area contributed by atoms with Crippen molar-refractivity contribution in [2.24, 2.45) is 11.3 Å². The van der Waals surface area contributed by atoms with Crippen LogP contribution in [0.3, 0.4) is 0 Å². The monoisotopic (exact) mass is 393 g/mol. The van der Waals surface area contributed by atoms with Crippen molar-refractivity contribution < 1.29 is 4.79 Å². The van der Waals surface area contributed by atoms with E-state index in [-0.39, 0.29) is 23.3 Å². The third-order valence-corrected chi connectivity index (χ3v) is 5.88. The van der Waals surface area contributed by atoms with Crippen molar-refractivity contribution >= 4 is 23.1 Å². The van der Waals surface area contributed by atoms with E-state index in [1.165, 1.54) is 0 Å². The summed E-state index contributed by atoms with van der Waals surface area (Å²) >= 11 is 0. The minimum Gasteiger partial charge on any atom is -0.372 e. The first-order chi connectivity index (χ1) is 13.9. The first kappa shape index (κ1) is 19.2. The molecule has 0 aromatic carbocycles. The lowest BCUT2D eigenvalue weighted by Crippen LogP contribution is -2.42. The predicted octanol–water partition coefficient (Wildman–Crippen LogP) is 3.28. The van der Waals surface area contributed by atoms with Gasteiger partial charge >= 0.3 is 0 Å². The number of anilines is 3. The van der Waals surface area contributed by atoms with Crippen molar-refractivity contribution in [3.05, 3.63) is 29.7 Å². The van der Waals surface area contributed by atoms with Gasteiger partial charge in [-0.1, -0.05) is 20.3 Å². The van der Waals surface area contributed by atoms with Crippen molar-refractivity contribution in [3.8, 4) is 6.07 Å². The second-order valence-corrected chi connectivity index (χ2v) is 8.52. The molecule has 1 atom stereocenters. The summed E-state index contributed by atoms with van der Waals surface area (Å²) in [6.45, 7) is 7.17. The van der Waals surface area contributed by atoms with Crippen LogP contribution in [0.25, 0.3) is 0 Å². The van der Waals surface area contributed by atoms with Crippen LogP contribution in [0, 0.1) is 29.6 Å². The Kier molecular flexibility index (Phi) is 4.91. The molecule has 0 bridgehead atoms. The lowest BCUT2D eigenvalue weighted by atomic mass is 9.70. The van der Waals surface area contributed by atoms with Crippen LogP contribution in [0.15, 0.2) is 18.5 Å². The summed E-state index contributed by atoms with van der Waals surface area (Å²) in [7, 11) is 0. The summed E-state index contributed by atoms with van der Waals surface area (Å²) in [5.74, 6) is 0.908. The van der Waals surface area contributed by atoms with Gasteiger partial charge in [0.1, 0.15) is 11.9 Å². The Morgan fingerprint density at radius 2 is 2.24 bits per heavy atom. The number of pyridine rings is 1. The molecular formula is C21H27N7O. The number of fused-ring (bicyclic) bond motifs is 1. The van der Waals surface area contributed by atoms with E-state index in [1.807, 2.05) is 43.9 Å². The number of nitrogens with zero attached hydrogens (tertiary/aromatic N) is 4. The van der Waals surface area contributed by atoms with Gasteiger partial charge in [-0.15, -0.1) is 0 Å². The van der Waals surface area contributed by atoms with Gasteiger partial charge in [0.2, 0.25) is 5.91 Å². The molecule has 3 N–H and O–H groups in total. The van der Waals surface area contributed by atoms with Gasteiger partial charge in [0.25, 0.3) is 0 Å². The summed E-state index contributed by atoms with van der Waals surface area (Å²) in [5, 5.41) is 23.5. The molecule has 1 saturated carbocycles. The lowest BCUT2D eigenvalue weighted by molar-refractivity contribution is -0.117. The Morgan fingerprint density at radius 3 is 2.90 bits per heavy atom. The number of hydrogen-bond acceptors (Lipinski definition) is 6. The number of carbonyl (C=O) groups excluding carboxylic acids is 1. The van der Waals surface area contributed by atoms with Crippen LogP contribution in [0.1, 0.15) is 44.4 Å². The number of carbonyl (C=O) groups is 1. The van der Waals surface area contributed by atoms with Gasteiger partial charge in [0.05, 0.1) is 41.3 Å². The zero-order chi connectivity index (χ0) is 20.6. The second-order valence-electron chi connectivity index (χ2n) is 8.52. The summed E-state index contributed by atoms with van der Waals surface area (Å²) in [6.07, 6.45) is 6.85. The maximum Gasteiger partial charge on any atom is 0.247 e. The summed E-state index contributed by atoms with van der Waals surface area (Å²) < 4.78 is 1.87. The van der Waals surface area contributed by atoms with Gasteiger partial charge in [0.15, 0.2) is 0 Å². The van der Waals surface area contributed by atoms with Gasteiger partial charge < -0.3 is 16.0 Å². The average Bonchev–Trinajstić information content (AvgIpc) is 3.10. The lowest BCUT2D eigenvalue weighted by Gasteiger charge is -2.34. The van der Waals surface area contributed by atoms with Crippen molar-refractivity contribution in [3.63, 3.8) is 0 Å². The van der Waals surface area contributed by atoms with E-state index in [4.69, 9.17) is 0 Å². The molecule has 152 valence electrons. The van der Waals surface area contributed by atoms with Crippen molar-refractivity contribution in [1.29, 1.82) is 5.26 Å². The normalized spacial score (nSPS) is 19.6. The molecular weight excluding hydrogens is 366 g/mol. The molecule has 0 spiro atoms. The van der Waals surface area contributed by atoms with Crippen molar-refractivity contribution in [1.82, 2.24) is 14.8 Å². The summed E-state index contributed by atoms with van der Waals surface area (Å²) in [6, 6.07) is 4.13. The highest BCUT2D eigenvalue weighted by molar-refractivity contribution is 6.04. The zero-order valence-corrected chi connectivity index (χ0v) is 17.1. The predicted molar refractivity (Wildman–Crippen MR) is 111 cm³/mol. The maximum absolute atomic E-state index is 12.2. The fourth-order valence-corrected chi connectivity index (χ4v) is 3.93. The minimum atomic E-state index is -0.255. The van der Waals surface area contributed by atoms with Crippen LogP contribution in [0.2, 0.25) is 0 Å². The molecule has 4 rings (SSSR count). The molecule has 2 aromatic heterocycles. The zero-order valence-electron chi connectivity index (χ0n) is 17.1. The molecule has 8 heteroatoms. The molecule has 0 unspecified atom stereocenters. The Bertz CT molecular complexity index is 968. The maximum atomic E-state index is 12.2. The smallest absolute Gasteiger partial charge is 0.247 e. The Hall–Kier alpha value is -3.08. The number of hydrogen-bond donors (Lipinski definition) is 3. The highest BCUT2D eigenvalue weighted by Crippen LogP contribution is 2.41. The SMILES string of the molecule is Cc1nc(NCc2cnn(CC3(C#N)CCC3)c2)cc2c1NC(=O)[C@H](C(C)C)N2. The standard InChI is InChI=1S/C21H27N7O/c1-13(2)18-20(29)27-19-14(3)25-17(7-16(19)26-18)23-8-15-9-24-28(10-15)12-21(11-22)5-4-6-21/h7,9-10,13,18,26H,4-6,8,12H2,1-3H3,(H,23,25)(H,27,29)/t18-/m0/s1. The van der Waals surface area contributed by atoms with Crippen LogP contribution in [0.5, 0.6) is 0 Å². The summed E-state index contributed by atoms with van der Waals surface area (Å²) in [4.78, 5) is 16.8. The average molecular weight is 393 g/mol. The third kappa shape index (κ3) is 3.77. The Morgan fingerprint density at radius 1 is 1.45 bits per heavy atom. The molecule has 0 saturated heterocycles. The van der Waals surface area contributed by atoms with E-state index in [9.17, 15) is 10.1 Å². The van der Waals surface area contributed by atoms with E-state index < -0.39 is 0 Å². The number of rotatable bonds is 6. The first-order valence-corrected chi connectivity index (χ1v) is 10.1. The largest absolute Gasteiger partial charge is 0.372 e. The van der Waals surface area contributed by atoms with Crippen molar-refractivity contribution in [2.45, 2.75) is 59.2 Å². The Labute approximate surface area is 170 Å². The van der Waals surface area contributed by atoms with Crippen LogP contribution < -0.4 is 16.0 Å². The fourth-order valence-electron chi connectivity index (χ4n) is 3.93. The molecule has 29 heavy (non-hydrogen) atoms. The van der Waals surface area contributed by atoms with Crippen LogP contribution in [-0.2, 0) is 17.9 Å². The molecule has 3 heterocycles. The molecule has 1 amide bonds. The topological polar surface area (TPSA) is 108 Å². The van der Waals surface area contributed by atoms with Gasteiger partial charge in [-0.05, 0) is 25.7 Å². The quantitative estimate of drug-likeness (QED) is 0.695. The molecule has 2 aromatic rings. The van der Waals surface area contributed by atoms with E-state index >= 15 is 0 Å².